The van der Waals surface area contributed by atoms with Gasteiger partial charge >= 0.3 is 0 Å². The zero-order valence-electron chi connectivity index (χ0n) is 13.8. The molecule has 0 atom stereocenters. The van der Waals surface area contributed by atoms with Crippen molar-refractivity contribution in [2.24, 2.45) is 5.73 Å². The van der Waals surface area contributed by atoms with E-state index in [-0.39, 0.29) is 11.9 Å². The van der Waals surface area contributed by atoms with Gasteiger partial charge in [0.05, 0.1) is 10.9 Å². The number of carbonyl (C=O) groups is 2. The average Bonchev–Trinajstić information content (AvgIpc) is 2.60. The largest absolute Gasteiger partial charge is 0.366 e. The Hall–Kier alpha value is -3.55. The van der Waals surface area contributed by atoms with Crippen molar-refractivity contribution < 1.29 is 14.0 Å². The number of anilines is 1. The van der Waals surface area contributed by atoms with Gasteiger partial charge in [-0.05, 0) is 49.4 Å². The van der Waals surface area contributed by atoms with Crippen molar-refractivity contribution in [3.8, 4) is 0 Å². The molecule has 0 fully saturated rings. The molecule has 2 amide bonds. The zero-order chi connectivity index (χ0) is 18.8. The van der Waals surface area contributed by atoms with E-state index >= 15 is 0 Å². The van der Waals surface area contributed by atoms with Gasteiger partial charge in [-0.15, -0.1) is 0 Å². The van der Waals surface area contributed by atoms with E-state index in [0.717, 1.165) is 6.07 Å². The molecule has 0 saturated heterocycles. The van der Waals surface area contributed by atoms with Crippen molar-refractivity contribution in [2.45, 2.75) is 13.5 Å². The summed E-state index contributed by atoms with van der Waals surface area (Å²) < 4.78 is 14.6. The Morgan fingerprint density at radius 3 is 2.54 bits per heavy atom. The third kappa shape index (κ3) is 3.44. The number of carbonyl (C=O) groups excluding carboxylic acids is 2. The molecule has 0 aliphatic rings. The first-order valence-corrected chi connectivity index (χ1v) is 7.71. The molecule has 0 unspecified atom stereocenters. The highest BCUT2D eigenvalue weighted by molar-refractivity contribution is 5.94. The number of nitrogens with two attached hydrogens (primary N) is 1. The molecule has 0 aliphatic carbocycles. The summed E-state index contributed by atoms with van der Waals surface area (Å²) in [5, 5.41) is 2.72. The average molecular weight is 354 g/mol. The second kappa shape index (κ2) is 6.75. The van der Waals surface area contributed by atoms with Gasteiger partial charge < -0.3 is 11.1 Å². The lowest BCUT2D eigenvalue weighted by atomic mass is 10.2. The molecule has 3 N–H and O–H groups in total. The molecule has 3 rings (SSSR count). The number of benzene rings is 2. The van der Waals surface area contributed by atoms with E-state index in [1.54, 1.807) is 6.92 Å². The lowest BCUT2D eigenvalue weighted by molar-refractivity contribution is -0.116. The summed E-state index contributed by atoms with van der Waals surface area (Å²) >= 11 is 0. The first-order valence-electron chi connectivity index (χ1n) is 7.71. The van der Waals surface area contributed by atoms with Gasteiger partial charge in [-0.3, -0.25) is 19.0 Å². The van der Waals surface area contributed by atoms with Gasteiger partial charge in [0.15, 0.2) is 0 Å². The predicted molar refractivity (Wildman–Crippen MR) is 94.3 cm³/mol. The molecular weight excluding hydrogens is 339 g/mol. The molecule has 1 aromatic heterocycles. The number of halogens is 1. The molecule has 7 nitrogen and oxygen atoms in total. The van der Waals surface area contributed by atoms with Crippen LogP contribution in [-0.2, 0) is 11.3 Å². The van der Waals surface area contributed by atoms with Crippen LogP contribution < -0.4 is 16.6 Å². The molecule has 26 heavy (non-hydrogen) atoms. The van der Waals surface area contributed by atoms with Gasteiger partial charge in [0.25, 0.3) is 5.56 Å². The van der Waals surface area contributed by atoms with Gasteiger partial charge in [0.1, 0.15) is 18.2 Å². The molecule has 0 saturated carbocycles. The van der Waals surface area contributed by atoms with Crippen molar-refractivity contribution in [1.82, 2.24) is 9.55 Å². The summed E-state index contributed by atoms with van der Waals surface area (Å²) in [5.41, 5.74) is 5.80. The maximum atomic E-state index is 13.4. The number of aryl methyl sites for hydroxylation is 1. The lowest BCUT2D eigenvalue weighted by Gasteiger charge is -2.11. The van der Waals surface area contributed by atoms with E-state index in [0.29, 0.717) is 22.6 Å². The quantitative estimate of drug-likeness (QED) is 0.742. The molecular formula is C18H15FN4O3. The van der Waals surface area contributed by atoms with Crippen LogP contribution in [0.1, 0.15) is 16.2 Å². The highest BCUT2D eigenvalue weighted by Gasteiger charge is 2.12. The highest BCUT2D eigenvalue weighted by atomic mass is 19.1. The van der Waals surface area contributed by atoms with E-state index < -0.39 is 23.2 Å². The third-order valence-corrected chi connectivity index (χ3v) is 3.86. The van der Waals surface area contributed by atoms with E-state index in [1.165, 1.54) is 41.0 Å². The Labute approximate surface area is 147 Å². The minimum atomic E-state index is -0.570. The fraction of sp³-hybridized carbons (Fsp3) is 0.111. The van der Waals surface area contributed by atoms with Crippen molar-refractivity contribution in [3.63, 3.8) is 0 Å². The van der Waals surface area contributed by atoms with Gasteiger partial charge in [-0.25, -0.2) is 9.37 Å². The van der Waals surface area contributed by atoms with Crippen molar-refractivity contribution in [1.29, 1.82) is 0 Å². The molecule has 132 valence electrons. The van der Waals surface area contributed by atoms with Crippen LogP contribution in [0.25, 0.3) is 10.9 Å². The summed E-state index contributed by atoms with van der Waals surface area (Å²) in [6.07, 6.45) is 0. The summed E-state index contributed by atoms with van der Waals surface area (Å²) in [4.78, 5) is 40.1. The van der Waals surface area contributed by atoms with Crippen molar-refractivity contribution in [3.05, 3.63) is 70.0 Å². The summed E-state index contributed by atoms with van der Waals surface area (Å²) in [7, 11) is 0. The second-order valence-corrected chi connectivity index (χ2v) is 5.70. The lowest BCUT2D eigenvalue weighted by Crippen LogP contribution is -2.30. The number of amides is 2. The molecule has 8 heteroatoms. The normalized spacial score (nSPS) is 10.7. The Kier molecular flexibility index (Phi) is 4.49. The SMILES string of the molecule is Cc1nc2ccc(F)cc2c(=O)n1CC(=O)Nc1ccc(C(N)=O)cc1. The molecule has 0 bridgehead atoms. The van der Waals surface area contributed by atoms with Crippen LogP contribution in [0.2, 0.25) is 0 Å². The third-order valence-electron chi connectivity index (χ3n) is 3.86. The van der Waals surface area contributed by atoms with Crippen LogP contribution >= 0.6 is 0 Å². The van der Waals surface area contributed by atoms with E-state index in [1.807, 2.05) is 0 Å². The van der Waals surface area contributed by atoms with E-state index in [2.05, 4.69) is 10.3 Å². The number of nitrogens with one attached hydrogen (secondary N) is 1. The van der Waals surface area contributed by atoms with Gasteiger partial charge in [-0.1, -0.05) is 0 Å². The molecule has 0 spiro atoms. The van der Waals surface area contributed by atoms with Crippen molar-refractivity contribution in [2.75, 3.05) is 5.32 Å². The maximum Gasteiger partial charge on any atom is 0.261 e. The predicted octanol–water partition coefficient (Wildman–Crippen LogP) is 1.58. The zero-order valence-corrected chi connectivity index (χ0v) is 13.8. The fourth-order valence-corrected chi connectivity index (χ4v) is 2.55. The Bertz CT molecular complexity index is 1070. The standard InChI is InChI=1S/C18H15FN4O3/c1-10-21-15-7-4-12(19)8-14(15)18(26)23(10)9-16(24)22-13-5-2-11(3-6-13)17(20)25/h2-8H,9H2,1H3,(H2,20,25)(H,22,24). The van der Waals surface area contributed by atoms with Crippen LogP contribution in [0.5, 0.6) is 0 Å². The topological polar surface area (TPSA) is 107 Å². The first kappa shape index (κ1) is 17.3. The van der Waals surface area contributed by atoms with Gasteiger partial charge in [0.2, 0.25) is 11.8 Å². The Morgan fingerprint density at radius 2 is 1.88 bits per heavy atom. The molecule has 0 aliphatic heterocycles. The van der Waals surface area contributed by atoms with E-state index in [4.69, 9.17) is 5.73 Å². The van der Waals surface area contributed by atoms with Crippen LogP contribution in [0.4, 0.5) is 10.1 Å². The highest BCUT2D eigenvalue weighted by Crippen LogP contribution is 2.12. The Balaban J connectivity index is 1.85. The van der Waals surface area contributed by atoms with Crippen molar-refractivity contribution >= 4 is 28.4 Å². The molecule has 1 heterocycles. The fourth-order valence-electron chi connectivity index (χ4n) is 2.55. The number of fused-ring (bicyclic) bond motifs is 1. The van der Waals surface area contributed by atoms with Crippen LogP contribution in [0, 0.1) is 12.7 Å². The number of primary amides is 1. The minimum Gasteiger partial charge on any atom is -0.366 e. The number of rotatable bonds is 4. The van der Waals surface area contributed by atoms with Gasteiger partial charge in [-0.2, -0.15) is 0 Å². The van der Waals surface area contributed by atoms with E-state index in [9.17, 15) is 18.8 Å². The number of hydrogen-bond acceptors (Lipinski definition) is 4. The number of hydrogen-bond donors (Lipinski definition) is 2. The number of aromatic nitrogens is 2. The first-order chi connectivity index (χ1) is 12.3. The van der Waals surface area contributed by atoms with Crippen LogP contribution in [-0.4, -0.2) is 21.4 Å². The van der Waals surface area contributed by atoms with Crippen LogP contribution in [0.3, 0.4) is 0 Å². The molecule has 0 radical (unpaired) electrons. The smallest absolute Gasteiger partial charge is 0.261 e. The van der Waals surface area contributed by atoms with Crippen LogP contribution in [0.15, 0.2) is 47.3 Å². The second-order valence-electron chi connectivity index (χ2n) is 5.70. The monoisotopic (exact) mass is 354 g/mol. The summed E-state index contributed by atoms with van der Waals surface area (Å²) in [6.45, 7) is 1.32. The Morgan fingerprint density at radius 1 is 1.19 bits per heavy atom. The summed E-state index contributed by atoms with van der Waals surface area (Å²) in [5.74, 6) is -1.24. The summed E-state index contributed by atoms with van der Waals surface area (Å²) in [6, 6.07) is 9.76. The minimum absolute atomic E-state index is 0.106. The maximum absolute atomic E-state index is 13.4. The number of nitrogens with zero attached hydrogens (tertiary/aromatic N) is 2. The van der Waals surface area contributed by atoms with Gasteiger partial charge in [0, 0.05) is 11.3 Å². The molecule has 3 aromatic rings. The molecule has 2 aromatic carbocycles.